The van der Waals surface area contributed by atoms with Crippen molar-refractivity contribution in [1.82, 2.24) is 5.32 Å². The number of nitrogens with one attached hydrogen (secondary N) is 1. The lowest BCUT2D eigenvalue weighted by molar-refractivity contribution is 0.680. The van der Waals surface area contributed by atoms with Gasteiger partial charge in [-0.25, -0.2) is 0 Å². The van der Waals surface area contributed by atoms with E-state index in [9.17, 15) is 0 Å². The zero-order chi connectivity index (χ0) is 12.4. The summed E-state index contributed by atoms with van der Waals surface area (Å²) >= 11 is 5.69. The van der Waals surface area contributed by atoms with Gasteiger partial charge in [-0.15, -0.1) is 11.8 Å². The lowest BCUT2D eigenvalue weighted by Crippen LogP contribution is -2.16. The Bertz CT molecular complexity index is 411. The van der Waals surface area contributed by atoms with E-state index >= 15 is 0 Å². The maximum absolute atomic E-state index is 3.63. The van der Waals surface area contributed by atoms with E-state index in [2.05, 4.69) is 51.2 Å². The summed E-state index contributed by atoms with van der Waals surface area (Å²) in [5.74, 6) is 0. The van der Waals surface area contributed by atoms with Gasteiger partial charge in [-0.05, 0) is 49.4 Å². The SMILES string of the molecule is Brc1ccc(SC2CCCC2)c(CNC2CC2)c1. The number of hydrogen-bond donors (Lipinski definition) is 1. The smallest absolute Gasteiger partial charge is 0.0219 e. The first kappa shape index (κ1) is 13.0. The summed E-state index contributed by atoms with van der Waals surface area (Å²) in [5.41, 5.74) is 1.47. The molecule has 0 saturated heterocycles. The lowest BCUT2D eigenvalue weighted by Gasteiger charge is -2.14. The molecule has 0 heterocycles. The number of halogens is 1. The maximum Gasteiger partial charge on any atom is 0.0219 e. The molecule has 3 rings (SSSR count). The summed E-state index contributed by atoms with van der Waals surface area (Å²) in [6.45, 7) is 1.03. The van der Waals surface area contributed by atoms with Crippen molar-refractivity contribution in [3.63, 3.8) is 0 Å². The molecule has 1 nitrogen and oxygen atoms in total. The fourth-order valence-electron chi connectivity index (χ4n) is 2.53. The van der Waals surface area contributed by atoms with Crippen molar-refractivity contribution in [3.05, 3.63) is 28.2 Å². The average Bonchev–Trinajstić information content (AvgIpc) is 3.06. The van der Waals surface area contributed by atoms with Crippen LogP contribution in [0, 0.1) is 0 Å². The number of thioether (sulfide) groups is 1. The molecule has 0 atom stereocenters. The minimum Gasteiger partial charge on any atom is -0.310 e. The molecule has 1 aromatic rings. The van der Waals surface area contributed by atoms with Crippen molar-refractivity contribution < 1.29 is 0 Å². The lowest BCUT2D eigenvalue weighted by atomic mass is 10.2. The van der Waals surface area contributed by atoms with Crippen LogP contribution in [-0.2, 0) is 6.54 Å². The summed E-state index contributed by atoms with van der Waals surface area (Å²) in [4.78, 5) is 1.48. The van der Waals surface area contributed by atoms with E-state index in [1.54, 1.807) is 0 Å². The molecular weight excluding hydrogens is 306 g/mol. The van der Waals surface area contributed by atoms with Crippen LogP contribution in [0.4, 0.5) is 0 Å². The first-order chi connectivity index (χ1) is 8.81. The Morgan fingerprint density at radius 1 is 1.17 bits per heavy atom. The fraction of sp³-hybridized carbons (Fsp3) is 0.600. The molecule has 0 amide bonds. The van der Waals surface area contributed by atoms with E-state index < -0.39 is 0 Å². The highest BCUT2D eigenvalue weighted by atomic mass is 79.9. The molecule has 0 radical (unpaired) electrons. The van der Waals surface area contributed by atoms with Gasteiger partial charge in [0.1, 0.15) is 0 Å². The maximum atomic E-state index is 3.63. The van der Waals surface area contributed by atoms with Gasteiger partial charge < -0.3 is 5.32 Å². The van der Waals surface area contributed by atoms with Crippen LogP contribution in [0.3, 0.4) is 0 Å². The van der Waals surface area contributed by atoms with Gasteiger partial charge in [0, 0.05) is 27.2 Å². The average molecular weight is 326 g/mol. The summed E-state index contributed by atoms with van der Waals surface area (Å²) < 4.78 is 1.20. The van der Waals surface area contributed by atoms with E-state index in [1.165, 1.54) is 53.5 Å². The van der Waals surface area contributed by atoms with Gasteiger partial charge in [-0.2, -0.15) is 0 Å². The minimum absolute atomic E-state index is 0.785. The first-order valence-electron chi connectivity index (χ1n) is 7.00. The van der Waals surface area contributed by atoms with E-state index in [1.807, 2.05) is 0 Å². The highest BCUT2D eigenvalue weighted by Gasteiger charge is 2.21. The van der Waals surface area contributed by atoms with E-state index in [4.69, 9.17) is 0 Å². The summed E-state index contributed by atoms with van der Waals surface area (Å²) in [5, 5.41) is 4.48. The molecule has 18 heavy (non-hydrogen) atoms. The Kier molecular flexibility index (Phi) is 4.32. The van der Waals surface area contributed by atoms with Crippen LogP contribution in [0.15, 0.2) is 27.6 Å². The van der Waals surface area contributed by atoms with Gasteiger partial charge in [0.05, 0.1) is 0 Å². The topological polar surface area (TPSA) is 12.0 Å². The Morgan fingerprint density at radius 2 is 1.94 bits per heavy atom. The third-order valence-electron chi connectivity index (χ3n) is 3.78. The van der Waals surface area contributed by atoms with Crippen molar-refractivity contribution >= 4 is 27.7 Å². The summed E-state index contributed by atoms with van der Waals surface area (Å²) in [7, 11) is 0. The second-order valence-corrected chi connectivity index (χ2v) is 7.69. The van der Waals surface area contributed by atoms with Gasteiger partial charge in [-0.3, -0.25) is 0 Å². The number of hydrogen-bond acceptors (Lipinski definition) is 2. The van der Waals surface area contributed by atoms with Crippen molar-refractivity contribution in [2.75, 3.05) is 0 Å². The van der Waals surface area contributed by atoms with Crippen molar-refractivity contribution in [1.29, 1.82) is 0 Å². The Morgan fingerprint density at radius 3 is 2.67 bits per heavy atom. The normalized spacial score (nSPS) is 20.5. The predicted molar refractivity (Wildman–Crippen MR) is 82.1 cm³/mol. The molecule has 0 aliphatic heterocycles. The molecule has 2 aliphatic carbocycles. The Labute approximate surface area is 122 Å². The molecule has 98 valence electrons. The summed E-state index contributed by atoms with van der Waals surface area (Å²) in [6.07, 6.45) is 8.36. The quantitative estimate of drug-likeness (QED) is 0.839. The molecule has 0 bridgehead atoms. The minimum atomic E-state index is 0.785. The van der Waals surface area contributed by atoms with Crippen LogP contribution in [0.25, 0.3) is 0 Å². The molecule has 2 aliphatic rings. The number of benzene rings is 1. The van der Waals surface area contributed by atoms with E-state index in [0.29, 0.717) is 0 Å². The van der Waals surface area contributed by atoms with Crippen molar-refractivity contribution in [3.8, 4) is 0 Å². The monoisotopic (exact) mass is 325 g/mol. The Balaban J connectivity index is 1.69. The second kappa shape index (κ2) is 5.98. The predicted octanol–water partition coefficient (Wildman–Crippen LogP) is 4.74. The molecule has 0 spiro atoms. The van der Waals surface area contributed by atoms with Crippen LogP contribution >= 0.6 is 27.7 Å². The van der Waals surface area contributed by atoms with Crippen LogP contribution in [0.5, 0.6) is 0 Å². The highest BCUT2D eigenvalue weighted by molar-refractivity contribution is 9.10. The van der Waals surface area contributed by atoms with E-state index in [0.717, 1.165) is 17.8 Å². The molecule has 1 aromatic carbocycles. The second-order valence-electron chi connectivity index (χ2n) is 5.43. The third-order valence-corrected chi connectivity index (χ3v) is 5.73. The molecule has 2 fully saturated rings. The van der Waals surface area contributed by atoms with Crippen molar-refractivity contribution in [2.24, 2.45) is 0 Å². The molecular formula is C15H20BrNS. The van der Waals surface area contributed by atoms with Gasteiger partial charge in [-0.1, -0.05) is 28.8 Å². The van der Waals surface area contributed by atoms with Crippen LogP contribution < -0.4 is 5.32 Å². The van der Waals surface area contributed by atoms with Gasteiger partial charge >= 0.3 is 0 Å². The Hall–Kier alpha value is 0.01000. The summed E-state index contributed by atoms with van der Waals surface area (Å²) in [6, 6.07) is 7.54. The first-order valence-corrected chi connectivity index (χ1v) is 8.67. The van der Waals surface area contributed by atoms with Crippen molar-refractivity contribution in [2.45, 2.75) is 61.3 Å². The molecule has 3 heteroatoms. The fourth-order valence-corrected chi connectivity index (χ4v) is 4.29. The van der Waals surface area contributed by atoms with Crippen LogP contribution in [0.2, 0.25) is 0 Å². The zero-order valence-electron chi connectivity index (χ0n) is 10.6. The molecule has 0 unspecified atom stereocenters. The standard InChI is InChI=1S/C15H20BrNS/c16-12-5-8-15(18-14-3-1-2-4-14)11(9-12)10-17-13-6-7-13/h5,8-9,13-14,17H,1-4,6-7,10H2. The van der Waals surface area contributed by atoms with Gasteiger partial charge in [0.15, 0.2) is 0 Å². The van der Waals surface area contributed by atoms with Gasteiger partial charge in [0.2, 0.25) is 0 Å². The largest absolute Gasteiger partial charge is 0.310 e. The zero-order valence-corrected chi connectivity index (χ0v) is 13.0. The van der Waals surface area contributed by atoms with Gasteiger partial charge in [0.25, 0.3) is 0 Å². The van der Waals surface area contributed by atoms with Crippen LogP contribution in [-0.4, -0.2) is 11.3 Å². The molecule has 0 aromatic heterocycles. The number of rotatable bonds is 5. The highest BCUT2D eigenvalue weighted by Crippen LogP contribution is 2.37. The third kappa shape index (κ3) is 3.52. The van der Waals surface area contributed by atoms with Crippen LogP contribution in [0.1, 0.15) is 44.1 Å². The molecule has 1 N–H and O–H groups in total. The van der Waals surface area contributed by atoms with E-state index in [-0.39, 0.29) is 0 Å². The molecule has 2 saturated carbocycles.